The quantitative estimate of drug-likeness (QED) is 0.510. The lowest BCUT2D eigenvalue weighted by Crippen LogP contribution is -2.44. The molecule has 0 radical (unpaired) electrons. The Hall–Kier alpha value is -2.98. The normalized spacial score (nSPS) is 14.2. The molecule has 0 atom stereocenters. The molecule has 1 amide bonds. The van der Waals surface area contributed by atoms with E-state index in [9.17, 15) is 13.2 Å². The number of hydrogen-bond donors (Lipinski definition) is 3. The number of methoxy groups -OCH3 is 2. The Kier molecular flexibility index (Phi) is 8.04. The van der Waals surface area contributed by atoms with Crippen molar-refractivity contribution < 1.29 is 22.7 Å². The Morgan fingerprint density at radius 2 is 1.82 bits per heavy atom. The predicted octanol–water partition coefficient (Wildman–Crippen LogP) is 2.30. The van der Waals surface area contributed by atoms with Crippen molar-refractivity contribution in [1.82, 2.24) is 10.6 Å². The van der Waals surface area contributed by atoms with Crippen molar-refractivity contribution in [2.75, 3.05) is 56.6 Å². The molecular formula is C23H32N4O5S. The van der Waals surface area contributed by atoms with E-state index in [0.717, 1.165) is 31.9 Å². The Balaban J connectivity index is 1.96. The summed E-state index contributed by atoms with van der Waals surface area (Å²) in [6.07, 6.45) is 0. The van der Waals surface area contributed by atoms with Gasteiger partial charge in [0.25, 0.3) is 15.9 Å². The molecule has 2 aromatic carbocycles. The van der Waals surface area contributed by atoms with Crippen LogP contribution in [0.25, 0.3) is 0 Å². The summed E-state index contributed by atoms with van der Waals surface area (Å²) in [7, 11) is -1.14. The molecule has 1 aliphatic rings. The molecule has 180 valence electrons. The maximum absolute atomic E-state index is 13.2. The zero-order valence-electron chi connectivity index (χ0n) is 19.5. The molecule has 10 heteroatoms. The summed E-state index contributed by atoms with van der Waals surface area (Å²) in [5.74, 6) is 0.630. The van der Waals surface area contributed by atoms with Gasteiger partial charge in [0.05, 0.1) is 19.8 Å². The van der Waals surface area contributed by atoms with Crippen LogP contribution in [0, 0.1) is 5.92 Å². The van der Waals surface area contributed by atoms with Gasteiger partial charge in [-0.15, -0.1) is 0 Å². The van der Waals surface area contributed by atoms with Gasteiger partial charge in [-0.1, -0.05) is 13.8 Å². The molecule has 1 fully saturated rings. The van der Waals surface area contributed by atoms with Gasteiger partial charge in [0.2, 0.25) is 0 Å². The molecule has 1 aliphatic heterocycles. The van der Waals surface area contributed by atoms with E-state index in [-0.39, 0.29) is 22.2 Å². The Labute approximate surface area is 195 Å². The van der Waals surface area contributed by atoms with Gasteiger partial charge in [0.15, 0.2) is 0 Å². The number of nitrogens with zero attached hydrogens (tertiary/aromatic N) is 1. The highest BCUT2D eigenvalue weighted by atomic mass is 32.2. The van der Waals surface area contributed by atoms with E-state index in [1.54, 1.807) is 24.3 Å². The largest absolute Gasteiger partial charge is 0.497 e. The van der Waals surface area contributed by atoms with Crippen LogP contribution in [0.15, 0.2) is 41.3 Å². The first-order chi connectivity index (χ1) is 15.7. The molecule has 0 unspecified atom stereocenters. The standard InChI is InChI=1S/C23H32N4O5S/c1-16(2)15-25-23(28)19-13-17(5-7-20(19)27-11-9-24-10-12-27)26-33(29,30)22-14-18(31-3)6-8-21(22)32-4/h5-8,13-14,16,24,26H,9-12,15H2,1-4H3,(H,25,28). The fraction of sp³-hybridized carbons (Fsp3) is 0.435. The van der Waals surface area contributed by atoms with Crippen molar-refractivity contribution in [3.63, 3.8) is 0 Å². The number of anilines is 2. The first kappa shape index (κ1) is 24.7. The minimum absolute atomic E-state index is 0.0543. The number of carbonyl (C=O) groups excluding carboxylic acids is 1. The number of ether oxygens (including phenoxy) is 2. The minimum Gasteiger partial charge on any atom is -0.497 e. The highest BCUT2D eigenvalue weighted by Gasteiger charge is 2.23. The number of carbonyl (C=O) groups is 1. The van der Waals surface area contributed by atoms with Gasteiger partial charge in [-0.2, -0.15) is 0 Å². The average Bonchev–Trinajstić information content (AvgIpc) is 2.82. The van der Waals surface area contributed by atoms with E-state index >= 15 is 0 Å². The summed E-state index contributed by atoms with van der Waals surface area (Å²) in [4.78, 5) is 15.1. The molecule has 9 nitrogen and oxygen atoms in total. The molecule has 3 N–H and O–H groups in total. The van der Waals surface area contributed by atoms with Crippen LogP contribution >= 0.6 is 0 Å². The smallest absolute Gasteiger partial charge is 0.265 e. The maximum atomic E-state index is 13.2. The van der Waals surface area contributed by atoms with Crippen LogP contribution in [0.5, 0.6) is 11.5 Å². The van der Waals surface area contributed by atoms with Crippen LogP contribution in [-0.2, 0) is 10.0 Å². The monoisotopic (exact) mass is 476 g/mol. The predicted molar refractivity (Wildman–Crippen MR) is 129 cm³/mol. The third-order valence-electron chi connectivity index (χ3n) is 5.28. The summed E-state index contributed by atoms with van der Waals surface area (Å²) in [5.41, 5.74) is 1.49. The van der Waals surface area contributed by atoms with Gasteiger partial charge in [0, 0.05) is 50.2 Å². The van der Waals surface area contributed by atoms with E-state index in [2.05, 4.69) is 20.3 Å². The number of nitrogens with one attached hydrogen (secondary N) is 3. The third kappa shape index (κ3) is 6.08. The van der Waals surface area contributed by atoms with Gasteiger partial charge in [0.1, 0.15) is 16.4 Å². The van der Waals surface area contributed by atoms with Crippen LogP contribution < -0.4 is 29.7 Å². The van der Waals surface area contributed by atoms with Crippen LogP contribution in [0.4, 0.5) is 11.4 Å². The molecule has 1 heterocycles. The Morgan fingerprint density at radius 1 is 1.09 bits per heavy atom. The second-order valence-corrected chi connectivity index (χ2v) is 9.85. The number of hydrogen-bond acceptors (Lipinski definition) is 7. The molecule has 1 saturated heterocycles. The summed E-state index contributed by atoms with van der Waals surface area (Å²) >= 11 is 0. The molecule has 33 heavy (non-hydrogen) atoms. The molecule has 0 aromatic heterocycles. The number of sulfonamides is 1. The van der Waals surface area contributed by atoms with Crippen molar-refractivity contribution in [1.29, 1.82) is 0 Å². The number of rotatable bonds is 9. The topological polar surface area (TPSA) is 109 Å². The summed E-state index contributed by atoms with van der Waals surface area (Å²) < 4.78 is 39.3. The van der Waals surface area contributed by atoms with Crippen molar-refractivity contribution in [2.24, 2.45) is 5.92 Å². The molecule has 0 aliphatic carbocycles. The molecule has 0 spiro atoms. The maximum Gasteiger partial charge on any atom is 0.265 e. The third-order valence-corrected chi connectivity index (χ3v) is 6.68. The van der Waals surface area contributed by atoms with Crippen molar-refractivity contribution in [3.05, 3.63) is 42.0 Å². The molecule has 3 rings (SSSR count). The van der Waals surface area contributed by atoms with Gasteiger partial charge < -0.3 is 25.0 Å². The van der Waals surface area contributed by atoms with E-state index < -0.39 is 10.0 Å². The summed E-state index contributed by atoms with van der Waals surface area (Å²) in [5, 5.41) is 6.24. The first-order valence-corrected chi connectivity index (χ1v) is 12.4. The van der Waals surface area contributed by atoms with Gasteiger partial charge >= 0.3 is 0 Å². The van der Waals surface area contributed by atoms with Crippen LogP contribution in [0.1, 0.15) is 24.2 Å². The van der Waals surface area contributed by atoms with Crippen molar-refractivity contribution in [2.45, 2.75) is 18.7 Å². The van der Waals surface area contributed by atoms with Crippen LogP contribution in [0.2, 0.25) is 0 Å². The lowest BCUT2D eigenvalue weighted by molar-refractivity contribution is 0.0949. The lowest BCUT2D eigenvalue weighted by atomic mass is 10.1. The van der Waals surface area contributed by atoms with Gasteiger partial charge in [-0.25, -0.2) is 8.42 Å². The van der Waals surface area contributed by atoms with E-state index in [1.165, 1.54) is 26.4 Å². The Bertz CT molecular complexity index is 1080. The molecule has 2 aromatic rings. The second kappa shape index (κ2) is 10.8. The fourth-order valence-electron chi connectivity index (χ4n) is 3.56. The lowest BCUT2D eigenvalue weighted by Gasteiger charge is -2.31. The van der Waals surface area contributed by atoms with Gasteiger partial charge in [-0.3, -0.25) is 9.52 Å². The highest BCUT2D eigenvalue weighted by molar-refractivity contribution is 7.92. The van der Waals surface area contributed by atoms with Crippen LogP contribution in [-0.4, -0.2) is 61.3 Å². The van der Waals surface area contributed by atoms with E-state index in [0.29, 0.717) is 23.8 Å². The van der Waals surface area contributed by atoms with Gasteiger partial charge in [-0.05, 0) is 36.2 Å². The highest BCUT2D eigenvalue weighted by Crippen LogP contribution is 2.31. The van der Waals surface area contributed by atoms with E-state index in [1.807, 2.05) is 13.8 Å². The number of piperazine rings is 1. The molecular weight excluding hydrogens is 444 g/mol. The second-order valence-electron chi connectivity index (χ2n) is 8.20. The SMILES string of the molecule is COc1ccc(OC)c(S(=O)(=O)Nc2ccc(N3CCNCC3)c(C(=O)NCC(C)C)c2)c1. The summed E-state index contributed by atoms with van der Waals surface area (Å²) in [6, 6.07) is 9.59. The van der Waals surface area contributed by atoms with Crippen molar-refractivity contribution in [3.8, 4) is 11.5 Å². The first-order valence-electron chi connectivity index (χ1n) is 10.9. The zero-order chi connectivity index (χ0) is 24.0. The zero-order valence-corrected chi connectivity index (χ0v) is 20.3. The fourth-order valence-corrected chi connectivity index (χ4v) is 4.79. The summed E-state index contributed by atoms with van der Waals surface area (Å²) in [6.45, 7) is 7.71. The van der Waals surface area contributed by atoms with Crippen molar-refractivity contribution >= 4 is 27.3 Å². The average molecular weight is 477 g/mol. The molecule has 0 bridgehead atoms. The van der Waals surface area contributed by atoms with E-state index in [4.69, 9.17) is 9.47 Å². The minimum atomic E-state index is -4.00. The Morgan fingerprint density at radius 3 is 2.45 bits per heavy atom. The number of benzene rings is 2. The van der Waals surface area contributed by atoms with Crippen LogP contribution in [0.3, 0.4) is 0 Å². The molecule has 0 saturated carbocycles. The number of amides is 1.